The molecule has 2 heterocycles. The minimum Gasteiger partial charge on any atom is -0.454 e. The molecule has 3 aromatic rings. The Balaban J connectivity index is 1.56. The number of ether oxygens (including phenoxy) is 2. The van der Waals surface area contributed by atoms with Crippen molar-refractivity contribution in [2.24, 2.45) is 0 Å². The lowest BCUT2D eigenvalue weighted by molar-refractivity contribution is -0.384. The minimum absolute atomic E-state index is 0.0287. The van der Waals surface area contributed by atoms with Gasteiger partial charge in [-0.3, -0.25) is 14.9 Å². The van der Waals surface area contributed by atoms with Crippen LogP contribution in [0.15, 0.2) is 66.9 Å². The van der Waals surface area contributed by atoms with Crippen LogP contribution in [0.5, 0.6) is 11.5 Å². The van der Waals surface area contributed by atoms with Crippen molar-refractivity contribution in [2.75, 3.05) is 6.79 Å². The van der Waals surface area contributed by atoms with Crippen molar-refractivity contribution in [2.45, 2.75) is 0 Å². The number of hydrogen-bond acceptors (Lipinski definition) is 5. The van der Waals surface area contributed by atoms with E-state index in [1.807, 2.05) is 22.9 Å². The van der Waals surface area contributed by atoms with Crippen LogP contribution in [-0.4, -0.2) is 22.1 Å². The molecule has 0 unspecified atom stereocenters. The van der Waals surface area contributed by atoms with Gasteiger partial charge in [0.1, 0.15) is 0 Å². The van der Waals surface area contributed by atoms with Gasteiger partial charge in [0.25, 0.3) is 5.69 Å². The normalized spacial score (nSPS) is 12.4. The molecule has 1 aromatic heterocycles. The smallest absolute Gasteiger partial charge is 0.269 e. The molecular weight excluding hydrogens is 348 g/mol. The standard InChI is InChI=1S/C20H14N2O5/c23-18(14-3-10-19-20(12-14)27-13-26-19)9-8-15-2-1-11-21(15)16-4-6-17(7-5-16)22(24)25/h1-12H,13H2/b9-8+. The zero-order chi connectivity index (χ0) is 18.8. The first-order chi connectivity index (χ1) is 13.1. The molecule has 0 saturated carbocycles. The van der Waals surface area contributed by atoms with Crippen LogP contribution in [0.4, 0.5) is 5.69 Å². The Hall–Kier alpha value is -3.87. The molecule has 0 amide bonds. The quantitative estimate of drug-likeness (QED) is 0.296. The van der Waals surface area contributed by atoms with Gasteiger partial charge in [0.2, 0.25) is 6.79 Å². The number of allylic oxidation sites excluding steroid dienone is 1. The Morgan fingerprint density at radius 2 is 1.85 bits per heavy atom. The van der Waals surface area contributed by atoms with Gasteiger partial charge < -0.3 is 14.0 Å². The van der Waals surface area contributed by atoms with Gasteiger partial charge in [-0.05, 0) is 54.6 Å². The number of benzene rings is 2. The lowest BCUT2D eigenvalue weighted by Crippen LogP contribution is -1.97. The van der Waals surface area contributed by atoms with Crippen molar-refractivity contribution in [3.05, 3.63) is 88.2 Å². The Labute approximate surface area is 154 Å². The topological polar surface area (TPSA) is 83.6 Å². The van der Waals surface area contributed by atoms with E-state index in [2.05, 4.69) is 0 Å². The SMILES string of the molecule is O=C(/C=C/c1cccn1-c1ccc([N+](=O)[O-])cc1)c1ccc2c(c1)OCO2. The van der Waals surface area contributed by atoms with Crippen LogP contribution in [0.3, 0.4) is 0 Å². The van der Waals surface area contributed by atoms with Crippen molar-refractivity contribution in [1.29, 1.82) is 0 Å². The summed E-state index contributed by atoms with van der Waals surface area (Å²) in [4.78, 5) is 22.8. The highest BCUT2D eigenvalue weighted by molar-refractivity contribution is 6.07. The van der Waals surface area contributed by atoms with Gasteiger partial charge in [0.05, 0.1) is 4.92 Å². The summed E-state index contributed by atoms with van der Waals surface area (Å²) in [6.07, 6.45) is 5.01. The zero-order valence-corrected chi connectivity index (χ0v) is 14.1. The van der Waals surface area contributed by atoms with E-state index in [1.165, 1.54) is 18.2 Å². The van der Waals surface area contributed by atoms with Crippen molar-refractivity contribution >= 4 is 17.5 Å². The Bertz CT molecular complexity index is 1050. The van der Waals surface area contributed by atoms with Crippen molar-refractivity contribution in [3.8, 4) is 17.2 Å². The fraction of sp³-hybridized carbons (Fsp3) is 0.0500. The van der Waals surface area contributed by atoms with E-state index < -0.39 is 4.92 Å². The molecule has 0 spiro atoms. The lowest BCUT2D eigenvalue weighted by Gasteiger charge is -2.06. The number of carbonyl (C=O) groups is 1. The minimum atomic E-state index is -0.440. The van der Waals surface area contributed by atoms with Crippen LogP contribution in [0.1, 0.15) is 16.1 Å². The second kappa shape index (κ2) is 6.80. The summed E-state index contributed by atoms with van der Waals surface area (Å²) in [5, 5.41) is 10.8. The van der Waals surface area contributed by atoms with Crippen LogP contribution >= 0.6 is 0 Å². The van der Waals surface area contributed by atoms with Crippen LogP contribution in [0, 0.1) is 10.1 Å². The summed E-state index contributed by atoms with van der Waals surface area (Å²) >= 11 is 0. The van der Waals surface area contributed by atoms with Gasteiger partial charge >= 0.3 is 0 Å². The average Bonchev–Trinajstić information content (AvgIpc) is 3.34. The number of aromatic nitrogens is 1. The largest absolute Gasteiger partial charge is 0.454 e. The van der Waals surface area contributed by atoms with Crippen molar-refractivity contribution < 1.29 is 19.2 Å². The molecule has 1 aliphatic heterocycles. The van der Waals surface area contributed by atoms with Gasteiger partial charge in [-0.15, -0.1) is 0 Å². The molecular formula is C20H14N2O5. The predicted octanol–water partition coefficient (Wildman–Crippen LogP) is 4.01. The first kappa shape index (κ1) is 16.6. The highest BCUT2D eigenvalue weighted by Gasteiger charge is 2.15. The number of nitro benzene ring substituents is 1. The van der Waals surface area contributed by atoms with Crippen LogP contribution in [-0.2, 0) is 0 Å². The monoisotopic (exact) mass is 362 g/mol. The van der Waals surface area contributed by atoms with E-state index in [4.69, 9.17) is 9.47 Å². The number of carbonyl (C=O) groups excluding carboxylic acids is 1. The molecule has 0 atom stereocenters. The van der Waals surface area contributed by atoms with Gasteiger partial charge in [-0.25, -0.2) is 0 Å². The summed E-state index contributed by atoms with van der Waals surface area (Å²) < 4.78 is 12.4. The summed E-state index contributed by atoms with van der Waals surface area (Å²) in [5.41, 5.74) is 2.07. The molecule has 7 heteroatoms. The van der Waals surface area contributed by atoms with Gasteiger partial charge in [-0.2, -0.15) is 0 Å². The maximum absolute atomic E-state index is 12.4. The fourth-order valence-corrected chi connectivity index (χ4v) is 2.81. The van der Waals surface area contributed by atoms with Crippen molar-refractivity contribution in [3.63, 3.8) is 0 Å². The summed E-state index contributed by atoms with van der Waals surface area (Å²) in [6, 6.07) is 15.0. The molecule has 134 valence electrons. The third-order valence-corrected chi connectivity index (χ3v) is 4.18. The van der Waals surface area contributed by atoms with Gasteiger partial charge in [0.15, 0.2) is 17.3 Å². The number of fused-ring (bicyclic) bond motifs is 1. The van der Waals surface area contributed by atoms with Gasteiger partial charge in [0, 0.05) is 35.3 Å². The maximum atomic E-state index is 12.4. The Kier molecular flexibility index (Phi) is 4.18. The highest BCUT2D eigenvalue weighted by atomic mass is 16.7. The van der Waals surface area contributed by atoms with Crippen molar-refractivity contribution in [1.82, 2.24) is 4.57 Å². The molecule has 0 saturated heterocycles. The molecule has 0 bridgehead atoms. The van der Waals surface area contributed by atoms with Crippen LogP contribution in [0.2, 0.25) is 0 Å². The Morgan fingerprint density at radius 3 is 2.63 bits per heavy atom. The molecule has 1 aliphatic rings. The molecule has 27 heavy (non-hydrogen) atoms. The molecule has 0 fully saturated rings. The Morgan fingerprint density at radius 1 is 1.07 bits per heavy atom. The van der Waals surface area contributed by atoms with E-state index in [0.29, 0.717) is 17.1 Å². The first-order valence-corrected chi connectivity index (χ1v) is 8.16. The van der Waals surface area contributed by atoms with E-state index in [0.717, 1.165) is 11.4 Å². The zero-order valence-electron chi connectivity index (χ0n) is 14.1. The summed E-state index contributed by atoms with van der Waals surface area (Å²) in [6.45, 7) is 0.158. The fourth-order valence-electron chi connectivity index (χ4n) is 2.81. The predicted molar refractivity (Wildman–Crippen MR) is 98.4 cm³/mol. The average molecular weight is 362 g/mol. The third-order valence-electron chi connectivity index (χ3n) is 4.18. The van der Waals surface area contributed by atoms with E-state index in [1.54, 1.807) is 36.4 Å². The molecule has 0 N–H and O–H groups in total. The molecule has 0 aliphatic carbocycles. The number of nitro groups is 1. The highest BCUT2D eigenvalue weighted by Crippen LogP contribution is 2.32. The molecule has 2 aromatic carbocycles. The first-order valence-electron chi connectivity index (χ1n) is 8.16. The number of rotatable bonds is 5. The van der Waals surface area contributed by atoms with E-state index in [9.17, 15) is 14.9 Å². The van der Waals surface area contributed by atoms with Crippen LogP contribution in [0.25, 0.3) is 11.8 Å². The second-order valence-electron chi connectivity index (χ2n) is 5.84. The number of non-ortho nitro benzene ring substituents is 1. The molecule has 4 rings (SSSR count). The number of hydrogen-bond donors (Lipinski definition) is 0. The van der Waals surface area contributed by atoms with Gasteiger partial charge in [-0.1, -0.05) is 0 Å². The summed E-state index contributed by atoms with van der Waals surface area (Å²) in [7, 11) is 0. The van der Waals surface area contributed by atoms with E-state index in [-0.39, 0.29) is 18.3 Å². The summed E-state index contributed by atoms with van der Waals surface area (Å²) in [5.74, 6) is 1.02. The second-order valence-corrected chi connectivity index (χ2v) is 5.84. The lowest BCUT2D eigenvalue weighted by atomic mass is 10.1. The van der Waals surface area contributed by atoms with E-state index >= 15 is 0 Å². The third kappa shape index (κ3) is 3.30. The van der Waals surface area contributed by atoms with Crippen LogP contribution < -0.4 is 9.47 Å². The molecule has 0 radical (unpaired) electrons. The molecule has 7 nitrogen and oxygen atoms in total. The maximum Gasteiger partial charge on any atom is 0.269 e. The number of ketones is 1. The number of nitrogens with zero attached hydrogens (tertiary/aromatic N) is 2.